The maximum absolute atomic E-state index is 12.9. The molecule has 25 heavy (non-hydrogen) atoms. The third-order valence-electron chi connectivity index (χ3n) is 3.17. The van der Waals surface area contributed by atoms with E-state index in [4.69, 9.17) is 11.6 Å². The number of amides is 1. The average molecular weight is 378 g/mol. The number of halogens is 2. The van der Waals surface area contributed by atoms with Crippen molar-refractivity contribution in [2.24, 2.45) is 4.99 Å². The lowest BCUT2D eigenvalue weighted by Crippen LogP contribution is -2.19. The van der Waals surface area contributed by atoms with Gasteiger partial charge in [0.1, 0.15) is 10.8 Å². The van der Waals surface area contributed by atoms with Crippen LogP contribution in [-0.2, 0) is 4.79 Å². The molecule has 0 unspecified atom stereocenters. The van der Waals surface area contributed by atoms with Gasteiger partial charge in [0, 0.05) is 6.07 Å². The minimum Gasteiger partial charge on any atom is -0.300 e. The first-order valence-electron chi connectivity index (χ1n) is 6.91. The Balaban J connectivity index is 1.85. The Morgan fingerprint density at radius 1 is 1.24 bits per heavy atom. The van der Waals surface area contributed by atoms with Gasteiger partial charge in [-0.2, -0.15) is 0 Å². The van der Waals surface area contributed by atoms with Gasteiger partial charge in [-0.05, 0) is 53.7 Å². The van der Waals surface area contributed by atoms with E-state index in [0.29, 0.717) is 21.3 Å². The van der Waals surface area contributed by atoms with E-state index in [9.17, 15) is 19.3 Å². The van der Waals surface area contributed by atoms with E-state index >= 15 is 0 Å². The number of nitrogens with zero attached hydrogens (tertiary/aromatic N) is 2. The van der Waals surface area contributed by atoms with Crippen LogP contribution in [-0.4, -0.2) is 16.0 Å². The summed E-state index contributed by atoms with van der Waals surface area (Å²) in [5.41, 5.74) is 0.726. The van der Waals surface area contributed by atoms with Crippen LogP contribution in [0.4, 0.5) is 15.8 Å². The van der Waals surface area contributed by atoms with E-state index in [1.165, 1.54) is 42.5 Å². The van der Waals surface area contributed by atoms with Crippen LogP contribution in [0.2, 0.25) is 5.02 Å². The first kappa shape index (κ1) is 17.1. The standard InChI is InChI=1S/C16H9ClFN3O3S/c17-12-6-1-9(7-13(12)21(23)24)8-14-15(22)20-16(25-14)19-11-4-2-10(18)3-5-11/h1-8H,(H,19,20,22). The lowest BCUT2D eigenvalue weighted by Gasteiger charge is -1.98. The van der Waals surface area contributed by atoms with Crippen LogP contribution in [0.3, 0.4) is 0 Å². The number of hydrogen-bond donors (Lipinski definition) is 1. The second kappa shape index (κ2) is 7.04. The van der Waals surface area contributed by atoms with Gasteiger partial charge in [0.25, 0.3) is 11.6 Å². The van der Waals surface area contributed by atoms with Crippen molar-refractivity contribution < 1.29 is 14.1 Å². The van der Waals surface area contributed by atoms with Crippen LogP contribution in [0.15, 0.2) is 52.4 Å². The maximum atomic E-state index is 12.9. The number of aliphatic imine (C=N–C) groups is 1. The molecule has 1 fully saturated rings. The highest BCUT2D eigenvalue weighted by Crippen LogP contribution is 2.30. The summed E-state index contributed by atoms with van der Waals surface area (Å²) in [6.45, 7) is 0. The topological polar surface area (TPSA) is 84.6 Å². The molecule has 1 aliphatic heterocycles. The molecule has 0 aliphatic carbocycles. The Hall–Kier alpha value is -2.71. The largest absolute Gasteiger partial charge is 0.300 e. The van der Waals surface area contributed by atoms with Gasteiger partial charge in [0.15, 0.2) is 5.17 Å². The molecule has 0 radical (unpaired) electrons. The van der Waals surface area contributed by atoms with Crippen molar-refractivity contribution in [1.29, 1.82) is 0 Å². The smallest absolute Gasteiger partial charge is 0.288 e. The monoisotopic (exact) mass is 377 g/mol. The molecule has 6 nitrogen and oxygen atoms in total. The summed E-state index contributed by atoms with van der Waals surface area (Å²) >= 11 is 6.85. The summed E-state index contributed by atoms with van der Waals surface area (Å²) in [5.74, 6) is -0.750. The number of thioether (sulfide) groups is 1. The second-order valence-corrected chi connectivity index (χ2v) is 6.36. The lowest BCUT2D eigenvalue weighted by molar-refractivity contribution is -0.384. The number of nitrogens with one attached hydrogen (secondary N) is 1. The molecule has 3 rings (SSSR count). The lowest BCUT2D eigenvalue weighted by atomic mass is 10.2. The van der Waals surface area contributed by atoms with Crippen molar-refractivity contribution in [2.45, 2.75) is 0 Å². The van der Waals surface area contributed by atoms with Gasteiger partial charge in [-0.25, -0.2) is 9.38 Å². The fourth-order valence-electron chi connectivity index (χ4n) is 2.02. The fraction of sp³-hybridized carbons (Fsp3) is 0. The third kappa shape index (κ3) is 4.04. The third-order valence-corrected chi connectivity index (χ3v) is 4.40. The van der Waals surface area contributed by atoms with Crippen molar-refractivity contribution in [3.8, 4) is 0 Å². The minimum atomic E-state index is -0.590. The molecule has 0 saturated carbocycles. The van der Waals surface area contributed by atoms with Crippen molar-refractivity contribution >= 4 is 51.9 Å². The molecule has 0 spiro atoms. The van der Waals surface area contributed by atoms with Gasteiger partial charge in [-0.1, -0.05) is 17.7 Å². The highest BCUT2D eigenvalue weighted by atomic mass is 35.5. The van der Waals surface area contributed by atoms with Crippen LogP contribution < -0.4 is 5.32 Å². The minimum absolute atomic E-state index is 0.0224. The molecule has 126 valence electrons. The van der Waals surface area contributed by atoms with E-state index in [1.54, 1.807) is 6.07 Å². The van der Waals surface area contributed by atoms with Gasteiger partial charge in [0.2, 0.25) is 0 Å². The Morgan fingerprint density at radius 3 is 2.64 bits per heavy atom. The number of nitro groups is 1. The zero-order chi connectivity index (χ0) is 18.0. The van der Waals surface area contributed by atoms with Gasteiger partial charge in [-0.3, -0.25) is 14.9 Å². The number of benzene rings is 2. The molecular weight excluding hydrogens is 369 g/mol. The van der Waals surface area contributed by atoms with Crippen molar-refractivity contribution in [3.63, 3.8) is 0 Å². The van der Waals surface area contributed by atoms with Gasteiger partial charge < -0.3 is 5.32 Å². The van der Waals surface area contributed by atoms with E-state index in [1.807, 2.05) is 0 Å². The quantitative estimate of drug-likeness (QED) is 0.491. The van der Waals surface area contributed by atoms with Crippen LogP contribution >= 0.6 is 23.4 Å². The predicted molar refractivity (Wildman–Crippen MR) is 95.3 cm³/mol. The predicted octanol–water partition coefficient (Wildman–Crippen LogP) is 4.28. The first-order valence-corrected chi connectivity index (χ1v) is 8.11. The van der Waals surface area contributed by atoms with Crippen LogP contribution in [0, 0.1) is 15.9 Å². The van der Waals surface area contributed by atoms with E-state index in [2.05, 4.69) is 10.3 Å². The SMILES string of the molecule is O=C1NC(=Nc2ccc(F)cc2)SC1=Cc1ccc(Cl)c([N+](=O)[O-])c1. The zero-order valence-corrected chi connectivity index (χ0v) is 14.0. The van der Waals surface area contributed by atoms with Crippen LogP contribution in [0.1, 0.15) is 5.56 Å². The number of rotatable bonds is 3. The summed E-state index contributed by atoms with van der Waals surface area (Å²) in [5, 5.41) is 13.9. The molecule has 0 aromatic heterocycles. The molecule has 2 aromatic rings. The normalized spacial score (nSPS) is 17.1. The highest BCUT2D eigenvalue weighted by molar-refractivity contribution is 8.18. The summed E-state index contributed by atoms with van der Waals surface area (Å²) in [4.78, 5) is 26.9. The molecule has 1 N–H and O–H groups in total. The summed E-state index contributed by atoms with van der Waals surface area (Å²) < 4.78 is 12.9. The molecule has 2 aromatic carbocycles. The van der Waals surface area contributed by atoms with Gasteiger partial charge in [0.05, 0.1) is 15.5 Å². The van der Waals surface area contributed by atoms with Crippen molar-refractivity contribution in [2.75, 3.05) is 0 Å². The number of nitro benzene ring substituents is 1. The number of carbonyl (C=O) groups excluding carboxylic acids is 1. The Morgan fingerprint density at radius 2 is 1.96 bits per heavy atom. The molecule has 9 heteroatoms. The van der Waals surface area contributed by atoms with Crippen molar-refractivity contribution in [1.82, 2.24) is 5.32 Å². The first-order chi connectivity index (χ1) is 11.9. The summed E-state index contributed by atoms with van der Waals surface area (Å²) in [7, 11) is 0. The molecule has 1 amide bonds. The highest BCUT2D eigenvalue weighted by Gasteiger charge is 2.24. The van der Waals surface area contributed by atoms with Crippen molar-refractivity contribution in [3.05, 3.63) is 73.9 Å². The molecule has 0 bridgehead atoms. The van der Waals surface area contributed by atoms with Gasteiger partial charge >= 0.3 is 0 Å². The van der Waals surface area contributed by atoms with Crippen LogP contribution in [0.5, 0.6) is 0 Å². The molecule has 1 aliphatic rings. The molecule has 1 saturated heterocycles. The molecule has 0 atom stereocenters. The average Bonchev–Trinajstić information content (AvgIpc) is 2.90. The molecule has 1 heterocycles. The molecular formula is C16H9ClFN3O3S. The maximum Gasteiger partial charge on any atom is 0.288 e. The van der Waals surface area contributed by atoms with E-state index in [-0.39, 0.29) is 22.4 Å². The van der Waals surface area contributed by atoms with E-state index < -0.39 is 4.92 Å². The Kier molecular flexibility index (Phi) is 4.82. The van der Waals surface area contributed by atoms with E-state index in [0.717, 1.165) is 11.8 Å². The second-order valence-electron chi connectivity index (χ2n) is 4.93. The number of carbonyl (C=O) groups is 1. The van der Waals surface area contributed by atoms with Gasteiger partial charge in [-0.15, -0.1) is 0 Å². The Labute approximate surface area is 150 Å². The van der Waals surface area contributed by atoms with Crippen LogP contribution in [0.25, 0.3) is 6.08 Å². The Bertz CT molecular complexity index is 929. The summed E-state index contributed by atoms with van der Waals surface area (Å²) in [6.07, 6.45) is 1.51. The number of amidine groups is 1. The summed E-state index contributed by atoms with van der Waals surface area (Å²) in [6, 6.07) is 9.77. The zero-order valence-electron chi connectivity index (χ0n) is 12.4. The fourth-order valence-corrected chi connectivity index (χ4v) is 3.05. The number of hydrogen-bond acceptors (Lipinski definition) is 5.